The molecule has 1 aromatic carbocycles. The summed E-state index contributed by atoms with van der Waals surface area (Å²) in [5.74, 6) is 0.552. The highest BCUT2D eigenvalue weighted by molar-refractivity contribution is 7.85. The van der Waals surface area contributed by atoms with E-state index in [9.17, 15) is 4.21 Å². The largest absolute Gasteiger partial charge is 0.411 e. The molecule has 1 aromatic rings. The molecule has 3 nitrogen and oxygen atoms in total. The van der Waals surface area contributed by atoms with Crippen LogP contribution >= 0.6 is 0 Å². The lowest BCUT2D eigenvalue weighted by atomic mass is 10.1. The molecule has 0 radical (unpaired) electrons. The van der Waals surface area contributed by atoms with Crippen LogP contribution in [0.5, 0.6) is 0 Å². The molecule has 0 amide bonds. The maximum absolute atomic E-state index is 11.5. The van der Waals surface area contributed by atoms with Gasteiger partial charge in [-0.1, -0.05) is 23.4 Å². The zero-order chi connectivity index (χ0) is 9.26. The molecule has 4 heteroatoms. The van der Waals surface area contributed by atoms with E-state index in [4.69, 9.17) is 5.21 Å². The Labute approximate surface area is 78.5 Å². The number of fused-ring (bicyclic) bond motifs is 1. The molecular weight excluding hydrogens is 186 g/mol. The fourth-order valence-corrected chi connectivity index (χ4v) is 2.70. The van der Waals surface area contributed by atoms with Gasteiger partial charge in [-0.2, -0.15) is 0 Å². The number of nitrogens with zero attached hydrogens (tertiary/aromatic N) is 1. The monoisotopic (exact) mass is 195 g/mol. The van der Waals surface area contributed by atoms with Crippen molar-refractivity contribution in [2.75, 3.05) is 5.75 Å². The first kappa shape index (κ1) is 8.44. The summed E-state index contributed by atoms with van der Waals surface area (Å²) in [6, 6.07) is 7.35. The Kier molecular flexibility index (Phi) is 2.14. The topological polar surface area (TPSA) is 49.7 Å². The number of benzene rings is 1. The Morgan fingerprint density at radius 2 is 2.15 bits per heavy atom. The molecule has 68 valence electrons. The van der Waals surface area contributed by atoms with E-state index in [1.54, 1.807) is 0 Å². The first-order chi connectivity index (χ1) is 6.33. The van der Waals surface area contributed by atoms with Crippen molar-refractivity contribution in [2.45, 2.75) is 11.3 Å². The summed E-state index contributed by atoms with van der Waals surface area (Å²) >= 11 is 0. The molecule has 2 rings (SSSR count). The molecule has 0 aromatic heterocycles. The third-order valence-corrected chi connectivity index (χ3v) is 3.51. The minimum Gasteiger partial charge on any atom is -0.411 e. The summed E-state index contributed by atoms with van der Waals surface area (Å²) in [6.45, 7) is 0. The summed E-state index contributed by atoms with van der Waals surface area (Å²) in [6.07, 6.45) is 0.583. The van der Waals surface area contributed by atoms with E-state index >= 15 is 0 Å². The van der Waals surface area contributed by atoms with E-state index < -0.39 is 10.8 Å². The first-order valence-electron chi connectivity index (χ1n) is 4.01. The minimum atomic E-state index is -0.929. The van der Waals surface area contributed by atoms with Crippen LogP contribution in [0.4, 0.5) is 0 Å². The molecule has 1 atom stereocenters. The second kappa shape index (κ2) is 3.30. The van der Waals surface area contributed by atoms with Gasteiger partial charge in [0.25, 0.3) is 0 Å². The van der Waals surface area contributed by atoms with Crippen LogP contribution in [0.15, 0.2) is 34.3 Å². The number of hydrogen-bond donors (Lipinski definition) is 1. The summed E-state index contributed by atoms with van der Waals surface area (Å²) in [7, 11) is -0.929. The Morgan fingerprint density at radius 1 is 1.38 bits per heavy atom. The summed E-state index contributed by atoms with van der Waals surface area (Å²) in [5.41, 5.74) is 1.45. The van der Waals surface area contributed by atoms with Crippen LogP contribution in [-0.2, 0) is 10.8 Å². The molecule has 1 aliphatic heterocycles. The molecule has 0 bridgehead atoms. The van der Waals surface area contributed by atoms with Crippen LogP contribution < -0.4 is 0 Å². The molecule has 1 heterocycles. The van der Waals surface area contributed by atoms with Crippen LogP contribution in [0.3, 0.4) is 0 Å². The predicted molar refractivity (Wildman–Crippen MR) is 50.7 cm³/mol. The van der Waals surface area contributed by atoms with Crippen LogP contribution in [0.25, 0.3) is 0 Å². The standard InChI is InChI=1S/C9H9NO2S/c11-10-8-5-6-13(12)9-4-2-1-3-7(8)9/h1-4,11H,5-6H2/t13-/m0/s1. The smallest absolute Gasteiger partial charge is 0.0889 e. The maximum atomic E-state index is 11.5. The highest BCUT2D eigenvalue weighted by Crippen LogP contribution is 2.21. The van der Waals surface area contributed by atoms with Crippen LogP contribution in [0, 0.1) is 0 Å². The normalized spacial score (nSPS) is 24.3. The average molecular weight is 195 g/mol. The molecule has 0 saturated carbocycles. The molecule has 1 N–H and O–H groups in total. The number of rotatable bonds is 0. The molecular formula is C9H9NO2S. The van der Waals surface area contributed by atoms with Gasteiger partial charge in [-0.3, -0.25) is 4.21 Å². The zero-order valence-corrected chi connectivity index (χ0v) is 7.75. The number of oxime groups is 1. The van der Waals surface area contributed by atoms with Gasteiger partial charge in [0.1, 0.15) is 0 Å². The van der Waals surface area contributed by atoms with E-state index in [0.717, 1.165) is 10.5 Å². The molecule has 13 heavy (non-hydrogen) atoms. The summed E-state index contributed by atoms with van der Waals surface area (Å²) < 4.78 is 11.5. The van der Waals surface area contributed by atoms with Crippen molar-refractivity contribution >= 4 is 16.5 Å². The van der Waals surface area contributed by atoms with Crippen LogP contribution in [0.1, 0.15) is 12.0 Å². The molecule has 1 aliphatic rings. The van der Waals surface area contributed by atoms with Crippen LogP contribution in [0.2, 0.25) is 0 Å². The fraction of sp³-hybridized carbons (Fsp3) is 0.222. The van der Waals surface area contributed by atoms with Crippen molar-refractivity contribution in [1.29, 1.82) is 0 Å². The van der Waals surface area contributed by atoms with Crippen molar-refractivity contribution in [3.63, 3.8) is 0 Å². The lowest BCUT2D eigenvalue weighted by molar-refractivity contribution is 0.318. The molecule has 0 spiro atoms. The predicted octanol–water partition coefficient (Wildman–Crippen LogP) is 1.38. The Morgan fingerprint density at radius 3 is 2.92 bits per heavy atom. The van der Waals surface area contributed by atoms with Gasteiger partial charge in [0.2, 0.25) is 0 Å². The number of hydrogen-bond acceptors (Lipinski definition) is 3. The van der Waals surface area contributed by atoms with Crippen molar-refractivity contribution in [3.8, 4) is 0 Å². The zero-order valence-electron chi connectivity index (χ0n) is 6.93. The Bertz CT molecular complexity index is 387. The maximum Gasteiger partial charge on any atom is 0.0889 e. The average Bonchev–Trinajstić information content (AvgIpc) is 2.19. The van der Waals surface area contributed by atoms with E-state index in [2.05, 4.69) is 5.16 Å². The third-order valence-electron chi connectivity index (χ3n) is 2.09. The third kappa shape index (κ3) is 1.37. The van der Waals surface area contributed by atoms with Crippen molar-refractivity contribution in [3.05, 3.63) is 29.8 Å². The van der Waals surface area contributed by atoms with Gasteiger partial charge in [-0.05, 0) is 6.07 Å². The van der Waals surface area contributed by atoms with Gasteiger partial charge in [0, 0.05) is 22.6 Å². The van der Waals surface area contributed by atoms with Gasteiger partial charge in [0.05, 0.1) is 16.5 Å². The van der Waals surface area contributed by atoms with Gasteiger partial charge >= 0.3 is 0 Å². The fourth-order valence-electron chi connectivity index (χ4n) is 1.44. The van der Waals surface area contributed by atoms with Gasteiger partial charge in [0.15, 0.2) is 0 Å². The lowest BCUT2D eigenvalue weighted by Crippen LogP contribution is -2.17. The second-order valence-electron chi connectivity index (χ2n) is 2.84. The highest BCUT2D eigenvalue weighted by atomic mass is 32.2. The summed E-state index contributed by atoms with van der Waals surface area (Å²) in [5, 5.41) is 11.9. The van der Waals surface area contributed by atoms with Gasteiger partial charge in [-0.15, -0.1) is 0 Å². The molecule has 0 saturated heterocycles. The quantitative estimate of drug-likeness (QED) is 0.502. The minimum absolute atomic E-state index is 0.552. The van der Waals surface area contributed by atoms with Crippen molar-refractivity contribution in [1.82, 2.24) is 0 Å². The SMILES string of the molecule is O=[S@]1CCC(=NO)c2ccccc21. The van der Waals surface area contributed by atoms with Crippen molar-refractivity contribution in [2.24, 2.45) is 5.16 Å². The first-order valence-corrected chi connectivity index (χ1v) is 5.33. The highest BCUT2D eigenvalue weighted by Gasteiger charge is 2.20. The van der Waals surface area contributed by atoms with Crippen molar-refractivity contribution < 1.29 is 9.42 Å². The second-order valence-corrected chi connectivity index (χ2v) is 4.38. The van der Waals surface area contributed by atoms with E-state index in [-0.39, 0.29) is 0 Å². The Hall–Kier alpha value is -1.16. The molecule has 0 aliphatic carbocycles. The van der Waals surface area contributed by atoms with E-state index in [1.807, 2.05) is 24.3 Å². The lowest BCUT2D eigenvalue weighted by Gasteiger charge is -2.15. The summed E-state index contributed by atoms with van der Waals surface area (Å²) in [4.78, 5) is 0.779. The Balaban J connectivity index is 2.61. The van der Waals surface area contributed by atoms with Gasteiger partial charge in [-0.25, -0.2) is 0 Å². The van der Waals surface area contributed by atoms with Crippen LogP contribution in [-0.4, -0.2) is 20.9 Å². The van der Waals surface area contributed by atoms with E-state index in [1.165, 1.54) is 0 Å². The molecule has 0 unspecified atom stereocenters. The van der Waals surface area contributed by atoms with E-state index in [0.29, 0.717) is 17.9 Å². The van der Waals surface area contributed by atoms with Gasteiger partial charge < -0.3 is 5.21 Å². The molecule has 0 fully saturated rings.